The number of para-hydroxylation sites is 1. The van der Waals surface area contributed by atoms with Gasteiger partial charge in [0.15, 0.2) is 5.43 Å². The van der Waals surface area contributed by atoms with Gasteiger partial charge in [-0.2, -0.15) is 0 Å². The Morgan fingerprint density at radius 2 is 1.68 bits per heavy atom. The first-order valence-electron chi connectivity index (χ1n) is 8.73. The number of carbonyl (C=O) groups excluding carboxylic acids is 1. The molecule has 0 atom stereocenters. The first-order chi connectivity index (χ1) is 13.7. The van der Waals surface area contributed by atoms with Crippen molar-refractivity contribution in [2.24, 2.45) is 0 Å². The van der Waals surface area contributed by atoms with Crippen LogP contribution in [0, 0.1) is 0 Å². The van der Waals surface area contributed by atoms with Crippen LogP contribution in [-0.4, -0.2) is 13.0 Å². The third-order valence-electron chi connectivity index (χ3n) is 4.39. The average molecular weight is 371 g/mol. The number of anilines is 1. The summed E-state index contributed by atoms with van der Waals surface area (Å²) in [4.78, 5) is 25.1. The maximum Gasteiger partial charge on any atom is 0.259 e. The fourth-order valence-electron chi connectivity index (χ4n) is 3.01. The predicted octanol–water partition coefficient (Wildman–Crippen LogP) is 4.72. The van der Waals surface area contributed by atoms with Crippen LogP contribution in [0.4, 0.5) is 5.69 Å². The van der Waals surface area contributed by atoms with Gasteiger partial charge >= 0.3 is 0 Å². The van der Waals surface area contributed by atoms with Gasteiger partial charge in [0.05, 0.1) is 18.1 Å². The predicted molar refractivity (Wildman–Crippen MR) is 109 cm³/mol. The Labute approximate surface area is 161 Å². The molecule has 0 aliphatic rings. The molecule has 0 spiro atoms. The fourth-order valence-corrected chi connectivity index (χ4v) is 3.01. The van der Waals surface area contributed by atoms with Crippen molar-refractivity contribution >= 4 is 22.6 Å². The maximum atomic E-state index is 12.6. The second-order valence-corrected chi connectivity index (χ2v) is 6.21. The number of rotatable bonds is 4. The van der Waals surface area contributed by atoms with Gasteiger partial charge in [-0.25, -0.2) is 0 Å². The van der Waals surface area contributed by atoms with Gasteiger partial charge in [0.25, 0.3) is 5.91 Å². The average Bonchev–Trinajstić information content (AvgIpc) is 2.74. The van der Waals surface area contributed by atoms with E-state index < -0.39 is 0 Å². The molecule has 1 heterocycles. The molecule has 1 amide bonds. The van der Waals surface area contributed by atoms with Crippen molar-refractivity contribution in [3.63, 3.8) is 0 Å². The zero-order chi connectivity index (χ0) is 19.5. The van der Waals surface area contributed by atoms with Gasteiger partial charge < -0.3 is 14.5 Å². The third kappa shape index (κ3) is 3.38. The van der Waals surface area contributed by atoms with E-state index in [9.17, 15) is 9.59 Å². The first-order valence-corrected chi connectivity index (χ1v) is 8.73. The van der Waals surface area contributed by atoms with Crippen molar-refractivity contribution in [3.8, 4) is 17.1 Å². The fraction of sp³-hybridized carbons (Fsp3) is 0.0435. The second-order valence-electron chi connectivity index (χ2n) is 6.21. The first kappa shape index (κ1) is 17.5. The summed E-state index contributed by atoms with van der Waals surface area (Å²) in [6.45, 7) is 0. The molecule has 0 radical (unpaired) electrons. The summed E-state index contributed by atoms with van der Waals surface area (Å²) in [5.74, 6) is 0.666. The molecule has 4 rings (SSSR count). The molecule has 5 nitrogen and oxygen atoms in total. The van der Waals surface area contributed by atoms with Gasteiger partial charge in [0, 0.05) is 17.3 Å². The van der Waals surface area contributed by atoms with Crippen molar-refractivity contribution in [1.29, 1.82) is 0 Å². The highest BCUT2D eigenvalue weighted by molar-refractivity contribution is 6.06. The number of carbonyl (C=O) groups is 1. The molecular weight excluding hydrogens is 354 g/mol. The van der Waals surface area contributed by atoms with E-state index in [4.69, 9.17) is 9.15 Å². The second kappa shape index (κ2) is 7.40. The Morgan fingerprint density at radius 3 is 2.46 bits per heavy atom. The largest absolute Gasteiger partial charge is 0.496 e. The summed E-state index contributed by atoms with van der Waals surface area (Å²) in [5.41, 5.74) is 2.03. The minimum atomic E-state index is -0.318. The van der Waals surface area contributed by atoms with Gasteiger partial charge in [-0.3, -0.25) is 9.59 Å². The quantitative estimate of drug-likeness (QED) is 0.563. The number of amides is 1. The Balaban J connectivity index is 1.68. The number of benzene rings is 3. The van der Waals surface area contributed by atoms with Crippen LogP contribution in [-0.2, 0) is 0 Å². The van der Waals surface area contributed by atoms with Crippen LogP contribution in [0.1, 0.15) is 10.4 Å². The summed E-state index contributed by atoms with van der Waals surface area (Å²) in [5, 5.41) is 3.20. The topological polar surface area (TPSA) is 68.5 Å². The van der Waals surface area contributed by atoms with E-state index >= 15 is 0 Å². The Morgan fingerprint density at radius 1 is 0.929 bits per heavy atom. The normalized spacial score (nSPS) is 10.6. The minimum absolute atomic E-state index is 0.173. The van der Waals surface area contributed by atoms with Crippen LogP contribution in [0.2, 0.25) is 0 Å². The van der Waals surface area contributed by atoms with E-state index in [0.29, 0.717) is 33.7 Å². The lowest BCUT2D eigenvalue weighted by atomic mass is 10.1. The standard InChI is InChI=1S/C23H17NO4/c1-27-20-10-6-5-9-17(20)23(26)24-16-11-12-21-18(13-16)19(25)14-22(28-21)15-7-3-2-4-8-15/h2-14H,1H3,(H,24,26). The zero-order valence-corrected chi connectivity index (χ0v) is 15.1. The summed E-state index contributed by atoms with van der Waals surface area (Å²) < 4.78 is 11.1. The van der Waals surface area contributed by atoms with Gasteiger partial charge in [0.1, 0.15) is 17.1 Å². The lowest BCUT2D eigenvalue weighted by Gasteiger charge is -2.10. The van der Waals surface area contributed by atoms with Gasteiger partial charge in [-0.1, -0.05) is 42.5 Å². The zero-order valence-electron chi connectivity index (χ0n) is 15.1. The van der Waals surface area contributed by atoms with Crippen LogP contribution in [0.5, 0.6) is 5.75 Å². The molecule has 1 N–H and O–H groups in total. The number of hydrogen-bond acceptors (Lipinski definition) is 4. The van der Waals surface area contributed by atoms with Crippen LogP contribution in [0.25, 0.3) is 22.3 Å². The molecule has 0 fully saturated rings. The molecule has 0 saturated carbocycles. The lowest BCUT2D eigenvalue weighted by Crippen LogP contribution is -2.13. The lowest BCUT2D eigenvalue weighted by molar-refractivity contribution is 0.102. The molecule has 0 aliphatic heterocycles. The summed E-state index contributed by atoms with van der Waals surface area (Å²) in [6.07, 6.45) is 0. The molecule has 28 heavy (non-hydrogen) atoms. The van der Waals surface area contributed by atoms with E-state index in [0.717, 1.165) is 5.56 Å². The van der Waals surface area contributed by atoms with Crippen LogP contribution in [0.15, 0.2) is 88.1 Å². The molecule has 138 valence electrons. The van der Waals surface area contributed by atoms with Crippen molar-refractivity contribution in [1.82, 2.24) is 0 Å². The van der Waals surface area contributed by atoms with E-state index in [1.165, 1.54) is 13.2 Å². The minimum Gasteiger partial charge on any atom is -0.496 e. The van der Waals surface area contributed by atoms with E-state index in [2.05, 4.69) is 5.32 Å². The van der Waals surface area contributed by atoms with Crippen molar-refractivity contribution in [3.05, 3.63) is 94.6 Å². The third-order valence-corrected chi connectivity index (χ3v) is 4.39. The number of ether oxygens (including phenoxy) is 1. The number of nitrogens with one attached hydrogen (secondary N) is 1. The van der Waals surface area contributed by atoms with Crippen molar-refractivity contribution in [2.45, 2.75) is 0 Å². The van der Waals surface area contributed by atoms with Crippen LogP contribution < -0.4 is 15.5 Å². The van der Waals surface area contributed by atoms with E-state index in [1.807, 2.05) is 30.3 Å². The molecule has 1 aromatic heterocycles. The van der Waals surface area contributed by atoms with Crippen molar-refractivity contribution < 1.29 is 13.9 Å². The monoisotopic (exact) mass is 371 g/mol. The molecule has 0 aliphatic carbocycles. The van der Waals surface area contributed by atoms with Gasteiger partial charge in [-0.15, -0.1) is 0 Å². The molecule has 0 saturated heterocycles. The maximum absolute atomic E-state index is 12.6. The summed E-state index contributed by atoms with van der Waals surface area (Å²) in [6, 6.07) is 22.8. The number of methoxy groups -OCH3 is 1. The van der Waals surface area contributed by atoms with E-state index in [1.54, 1.807) is 42.5 Å². The van der Waals surface area contributed by atoms with Crippen LogP contribution in [0.3, 0.4) is 0 Å². The van der Waals surface area contributed by atoms with Crippen LogP contribution >= 0.6 is 0 Å². The molecule has 0 unspecified atom stereocenters. The Kier molecular flexibility index (Phi) is 4.64. The highest BCUT2D eigenvalue weighted by atomic mass is 16.5. The molecule has 0 bridgehead atoms. The smallest absolute Gasteiger partial charge is 0.259 e. The SMILES string of the molecule is COc1ccccc1C(=O)Nc1ccc2oc(-c3ccccc3)cc(=O)c2c1. The van der Waals surface area contributed by atoms with Gasteiger partial charge in [0.2, 0.25) is 0 Å². The summed E-state index contributed by atoms with van der Waals surface area (Å²) >= 11 is 0. The van der Waals surface area contributed by atoms with E-state index in [-0.39, 0.29) is 11.3 Å². The number of fused-ring (bicyclic) bond motifs is 1. The summed E-state index contributed by atoms with van der Waals surface area (Å²) in [7, 11) is 1.51. The molecule has 5 heteroatoms. The molecule has 4 aromatic rings. The molecular formula is C23H17NO4. The number of hydrogen-bond donors (Lipinski definition) is 1. The van der Waals surface area contributed by atoms with Gasteiger partial charge in [-0.05, 0) is 30.3 Å². The Hall–Kier alpha value is -3.86. The molecule has 3 aromatic carbocycles. The van der Waals surface area contributed by atoms with Crippen molar-refractivity contribution in [2.75, 3.05) is 12.4 Å². The highest BCUT2D eigenvalue weighted by Gasteiger charge is 2.13. The Bertz CT molecular complexity index is 1210. The highest BCUT2D eigenvalue weighted by Crippen LogP contribution is 2.25.